The van der Waals surface area contributed by atoms with Crippen molar-refractivity contribution >= 4 is 22.7 Å². The second kappa shape index (κ2) is 8.19. The first kappa shape index (κ1) is 18.7. The lowest BCUT2D eigenvalue weighted by molar-refractivity contribution is -0.122. The molecule has 3 aromatic carbocycles. The molecule has 1 heterocycles. The van der Waals surface area contributed by atoms with E-state index in [0.717, 1.165) is 27.9 Å². The van der Waals surface area contributed by atoms with Gasteiger partial charge in [-0.05, 0) is 36.2 Å². The third kappa shape index (κ3) is 4.29. The van der Waals surface area contributed by atoms with E-state index in [2.05, 4.69) is 15.6 Å². The van der Waals surface area contributed by atoms with E-state index in [4.69, 9.17) is 4.42 Å². The summed E-state index contributed by atoms with van der Waals surface area (Å²) < 4.78 is 5.51. The molecule has 0 bridgehead atoms. The molecule has 4 rings (SSSR count). The van der Waals surface area contributed by atoms with Gasteiger partial charge in [-0.15, -0.1) is 0 Å². The minimum absolute atomic E-state index is 0.0841. The number of benzene rings is 3. The second-order valence-electron chi connectivity index (χ2n) is 7.04. The Balaban J connectivity index is 1.51. The molecule has 0 spiro atoms. The molecule has 0 aliphatic carbocycles. The predicted octanol–water partition coefficient (Wildman–Crippen LogP) is 4.84. The number of nitrogens with zero attached hydrogens (tertiary/aromatic N) is 1. The quantitative estimate of drug-likeness (QED) is 0.498. The summed E-state index contributed by atoms with van der Waals surface area (Å²) in [4.78, 5) is 17.3. The Morgan fingerprint density at radius 2 is 1.55 bits per heavy atom. The van der Waals surface area contributed by atoms with E-state index < -0.39 is 6.04 Å². The van der Waals surface area contributed by atoms with Gasteiger partial charge in [0, 0.05) is 12.6 Å². The predicted molar refractivity (Wildman–Crippen MR) is 115 cm³/mol. The van der Waals surface area contributed by atoms with Gasteiger partial charge in [0.15, 0.2) is 11.5 Å². The van der Waals surface area contributed by atoms with Crippen LogP contribution in [0.1, 0.15) is 30.0 Å². The van der Waals surface area contributed by atoms with Crippen molar-refractivity contribution in [2.45, 2.75) is 25.9 Å². The van der Waals surface area contributed by atoms with Crippen molar-refractivity contribution in [3.8, 4) is 0 Å². The molecule has 5 nitrogen and oxygen atoms in total. The number of oxazole rings is 1. The minimum atomic E-state index is -0.421. The van der Waals surface area contributed by atoms with Crippen LogP contribution >= 0.6 is 0 Å². The Bertz CT molecular complexity index is 1070. The Hall–Kier alpha value is -3.60. The molecule has 1 unspecified atom stereocenters. The van der Waals surface area contributed by atoms with E-state index in [1.807, 2.05) is 92.7 Å². The standard InChI is InChI=1S/C24H23N3O2/c1-16(25-20-13-14-22-21(15-20)26-17(2)29-22)24(28)27-23(18-9-5-3-6-10-18)19-11-7-4-8-12-19/h3-16,23,25H,1-2H3,(H,27,28). The van der Waals surface area contributed by atoms with Crippen LogP contribution in [-0.4, -0.2) is 16.9 Å². The molecule has 1 aromatic heterocycles. The highest BCUT2D eigenvalue weighted by atomic mass is 16.3. The molecule has 1 amide bonds. The fourth-order valence-electron chi connectivity index (χ4n) is 3.37. The number of aryl methyl sites for hydroxylation is 1. The number of hydrogen-bond acceptors (Lipinski definition) is 4. The first-order chi connectivity index (χ1) is 14.1. The molecule has 29 heavy (non-hydrogen) atoms. The highest BCUT2D eigenvalue weighted by Crippen LogP contribution is 2.23. The van der Waals surface area contributed by atoms with Crippen LogP contribution in [0.3, 0.4) is 0 Å². The molecular formula is C24H23N3O2. The molecule has 0 aliphatic heterocycles. The summed E-state index contributed by atoms with van der Waals surface area (Å²) in [6.07, 6.45) is 0. The summed E-state index contributed by atoms with van der Waals surface area (Å²) in [6.45, 7) is 3.66. The van der Waals surface area contributed by atoms with E-state index in [-0.39, 0.29) is 11.9 Å². The zero-order chi connectivity index (χ0) is 20.2. The van der Waals surface area contributed by atoms with Gasteiger partial charge < -0.3 is 15.1 Å². The number of hydrogen-bond donors (Lipinski definition) is 2. The van der Waals surface area contributed by atoms with Gasteiger partial charge in [-0.1, -0.05) is 60.7 Å². The van der Waals surface area contributed by atoms with Crippen LogP contribution < -0.4 is 10.6 Å². The summed E-state index contributed by atoms with van der Waals surface area (Å²) in [7, 11) is 0. The molecule has 5 heteroatoms. The van der Waals surface area contributed by atoms with Crippen molar-refractivity contribution in [1.29, 1.82) is 0 Å². The van der Waals surface area contributed by atoms with E-state index in [1.165, 1.54) is 0 Å². The summed E-state index contributed by atoms with van der Waals surface area (Å²) in [5, 5.41) is 6.43. The number of carbonyl (C=O) groups excluding carboxylic acids is 1. The molecule has 4 aromatic rings. The normalized spacial score (nSPS) is 12.1. The molecule has 2 N–H and O–H groups in total. The van der Waals surface area contributed by atoms with Gasteiger partial charge in [-0.3, -0.25) is 4.79 Å². The molecular weight excluding hydrogens is 362 g/mol. The van der Waals surface area contributed by atoms with Crippen molar-refractivity contribution in [2.75, 3.05) is 5.32 Å². The maximum absolute atomic E-state index is 13.0. The molecule has 0 saturated carbocycles. The van der Waals surface area contributed by atoms with Crippen LogP contribution in [0, 0.1) is 6.92 Å². The molecule has 0 aliphatic rings. The maximum atomic E-state index is 13.0. The van der Waals surface area contributed by atoms with Crippen molar-refractivity contribution in [3.05, 3.63) is 95.9 Å². The lowest BCUT2D eigenvalue weighted by Crippen LogP contribution is -2.40. The highest BCUT2D eigenvalue weighted by Gasteiger charge is 2.20. The number of carbonyl (C=O) groups is 1. The highest BCUT2D eigenvalue weighted by molar-refractivity contribution is 5.86. The lowest BCUT2D eigenvalue weighted by atomic mass is 9.98. The number of aromatic nitrogens is 1. The van der Waals surface area contributed by atoms with Crippen LogP contribution in [0.15, 0.2) is 83.3 Å². The van der Waals surface area contributed by atoms with Gasteiger partial charge in [-0.2, -0.15) is 0 Å². The average Bonchev–Trinajstić information content (AvgIpc) is 3.12. The Morgan fingerprint density at radius 1 is 0.931 bits per heavy atom. The molecule has 0 radical (unpaired) electrons. The van der Waals surface area contributed by atoms with Gasteiger partial charge in [0.1, 0.15) is 11.6 Å². The van der Waals surface area contributed by atoms with Crippen molar-refractivity contribution in [1.82, 2.24) is 10.3 Å². The molecule has 1 atom stereocenters. The number of nitrogens with one attached hydrogen (secondary N) is 2. The number of anilines is 1. The first-order valence-electron chi connectivity index (χ1n) is 9.64. The summed E-state index contributed by atoms with van der Waals surface area (Å²) >= 11 is 0. The van der Waals surface area contributed by atoms with Crippen LogP contribution in [-0.2, 0) is 4.79 Å². The Morgan fingerprint density at radius 3 is 2.17 bits per heavy atom. The van der Waals surface area contributed by atoms with Gasteiger partial charge >= 0.3 is 0 Å². The largest absolute Gasteiger partial charge is 0.441 e. The molecule has 146 valence electrons. The van der Waals surface area contributed by atoms with Crippen molar-refractivity contribution in [2.24, 2.45) is 0 Å². The Kier molecular flexibility index (Phi) is 5.29. The van der Waals surface area contributed by atoms with Crippen molar-refractivity contribution in [3.63, 3.8) is 0 Å². The van der Waals surface area contributed by atoms with Crippen LogP contribution in [0.4, 0.5) is 5.69 Å². The van der Waals surface area contributed by atoms with E-state index >= 15 is 0 Å². The van der Waals surface area contributed by atoms with E-state index in [0.29, 0.717) is 5.89 Å². The fourth-order valence-corrected chi connectivity index (χ4v) is 3.37. The lowest BCUT2D eigenvalue weighted by Gasteiger charge is -2.23. The topological polar surface area (TPSA) is 67.2 Å². The molecule has 0 fully saturated rings. The number of fused-ring (bicyclic) bond motifs is 1. The van der Waals surface area contributed by atoms with Crippen LogP contribution in [0.2, 0.25) is 0 Å². The summed E-state index contributed by atoms with van der Waals surface area (Å²) in [5.74, 6) is 0.538. The van der Waals surface area contributed by atoms with Crippen LogP contribution in [0.5, 0.6) is 0 Å². The third-order valence-electron chi connectivity index (χ3n) is 4.82. The smallest absolute Gasteiger partial charge is 0.242 e. The SMILES string of the molecule is Cc1nc2cc(NC(C)C(=O)NC(c3ccccc3)c3ccccc3)ccc2o1. The maximum Gasteiger partial charge on any atom is 0.242 e. The van der Waals surface area contributed by atoms with Gasteiger partial charge in [0.2, 0.25) is 5.91 Å². The van der Waals surface area contributed by atoms with Crippen molar-refractivity contribution < 1.29 is 9.21 Å². The fraction of sp³-hybridized carbons (Fsp3) is 0.167. The second-order valence-corrected chi connectivity index (χ2v) is 7.04. The summed E-state index contributed by atoms with van der Waals surface area (Å²) in [6, 6.07) is 25.0. The number of amides is 1. The first-order valence-corrected chi connectivity index (χ1v) is 9.64. The van der Waals surface area contributed by atoms with Gasteiger partial charge in [0.25, 0.3) is 0 Å². The third-order valence-corrected chi connectivity index (χ3v) is 4.82. The van der Waals surface area contributed by atoms with E-state index in [1.54, 1.807) is 0 Å². The molecule has 0 saturated heterocycles. The summed E-state index contributed by atoms with van der Waals surface area (Å²) in [5.41, 5.74) is 4.41. The Labute approximate surface area is 169 Å². The minimum Gasteiger partial charge on any atom is -0.441 e. The zero-order valence-corrected chi connectivity index (χ0v) is 16.4. The monoisotopic (exact) mass is 385 g/mol. The number of rotatable bonds is 6. The van der Waals surface area contributed by atoms with Gasteiger partial charge in [0.05, 0.1) is 6.04 Å². The van der Waals surface area contributed by atoms with Crippen LogP contribution in [0.25, 0.3) is 11.1 Å². The van der Waals surface area contributed by atoms with E-state index in [9.17, 15) is 4.79 Å². The van der Waals surface area contributed by atoms with Gasteiger partial charge in [-0.25, -0.2) is 4.98 Å². The zero-order valence-electron chi connectivity index (χ0n) is 16.4. The average molecular weight is 385 g/mol.